The van der Waals surface area contributed by atoms with Gasteiger partial charge in [0.2, 0.25) is 5.91 Å². The number of pyridine rings is 1. The molecule has 1 aromatic heterocycles. The molecule has 2 aromatic rings. The lowest BCUT2D eigenvalue weighted by Gasteiger charge is -2.19. The summed E-state index contributed by atoms with van der Waals surface area (Å²) in [5.74, 6) is -0.0223. The fraction of sp³-hybridized carbons (Fsp3) is 0.389. The summed E-state index contributed by atoms with van der Waals surface area (Å²) in [4.78, 5) is 43.5. The summed E-state index contributed by atoms with van der Waals surface area (Å²) >= 11 is 0. The number of rotatable bonds is 2. The van der Waals surface area contributed by atoms with Crippen LogP contribution in [0, 0.1) is 12.8 Å². The SMILES string of the molecule is Cc1c(C(=O)N2CCN(C(=O)C3CC3)C2)c(=O)[nH]c2ccccc12. The molecule has 0 spiro atoms. The van der Waals surface area contributed by atoms with Gasteiger partial charge >= 0.3 is 0 Å². The molecule has 1 saturated carbocycles. The maximum atomic E-state index is 12.9. The van der Waals surface area contributed by atoms with E-state index in [2.05, 4.69) is 4.98 Å². The Balaban J connectivity index is 1.64. The zero-order chi connectivity index (χ0) is 16.8. The van der Waals surface area contributed by atoms with Gasteiger partial charge in [-0.25, -0.2) is 0 Å². The number of H-pyrrole nitrogens is 1. The first-order valence-corrected chi connectivity index (χ1v) is 8.26. The topological polar surface area (TPSA) is 73.5 Å². The van der Waals surface area contributed by atoms with Crippen LogP contribution < -0.4 is 5.56 Å². The molecule has 2 amide bonds. The summed E-state index contributed by atoms with van der Waals surface area (Å²) in [5, 5.41) is 0.866. The van der Waals surface area contributed by atoms with Gasteiger partial charge in [0.05, 0.1) is 6.67 Å². The predicted octanol–water partition coefficient (Wildman–Crippen LogP) is 1.49. The van der Waals surface area contributed by atoms with Crippen molar-refractivity contribution in [2.24, 2.45) is 5.92 Å². The highest BCUT2D eigenvalue weighted by Gasteiger charge is 2.37. The second-order valence-corrected chi connectivity index (χ2v) is 6.59. The molecule has 6 nitrogen and oxygen atoms in total. The van der Waals surface area contributed by atoms with Crippen LogP contribution in [-0.4, -0.2) is 46.4 Å². The van der Waals surface area contributed by atoms with E-state index in [0.29, 0.717) is 18.7 Å². The minimum Gasteiger partial charge on any atom is -0.323 e. The van der Waals surface area contributed by atoms with E-state index in [9.17, 15) is 14.4 Å². The van der Waals surface area contributed by atoms with Gasteiger partial charge in [-0.1, -0.05) is 18.2 Å². The van der Waals surface area contributed by atoms with E-state index in [4.69, 9.17) is 0 Å². The molecule has 2 aliphatic rings. The van der Waals surface area contributed by atoms with Crippen LogP contribution in [0.2, 0.25) is 0 Å². The fourth-order valence-corrected chi connectivity index (χ4v) is 3.35. The van der Waals surface area contributed by atoms with Gasteiger partial charge in [-0.3, -0.25) is 14.4 Å². The highest BCUT2D eigenvalue weighted by molar-refractivity contribution is 6.00. The van der Waals surface area contributed by atoms with Crippen LogP contribution in [0.1, 0.15) is 28.8 Å². The molecule has 0 atom stereocenters. The smallest absolute Gasteiger partial charge is 0.261 e. The third-order valence-electron chi connectivity index (χ3n) is 4.90. The molecule has 2 heterocycles. The molecule has 1 aliphatic carbocycles. The van der Waals surface area contributed by atoms with E-state index < -0.39 is 0 Å². The predicted molar refractivity (Wildman–Crippen MR) is 89.6 cm³/mol. The van der Waals surface area contributed by atoms with Crippen molar-refractivity contribution in [3.63, 3.8) is 0 Å². The molecule has 1 saturated heterocycles. The number of amides is 2. The van der Waals surface area contributed by atoms with Crippen molar-refractivity contribution in [1.29, 1.82) is 0 Å². The van der Waals surface area contributed by atoms with E-state index >= 15 is 0 Å². The number of carbonyl (C=O) groups is 2. The largest absolute Gasteiger partial charge is 0.323 e. The summed E-state index contributed by atoms with van der Waals surface area (Å²) in [5.41, 5.74) is 1.22. The van der Waals surface area contributed by atoms with Gasteiger partial charge in [0, 0.05) is 29.9 Å². The second kappa shape index (κ2) is 5.47. The number of nitrogens with one attached hydrogen (secondary N) is 1. The van der Waals surface area contributed by atoms with Gasteiger partial charge in [-0.15, -0.1) is 0 Å². The van der Waals surface area contributed by atoms with Gasteiger partial charge in [0.25, 0.3) is 11.5 Å². The number of benzene rings is 1. The molecule has 2 fully saturated rings. The van der Waals surface area contributed by atoms with E-state index in [-0.39, 0.29) is 35.5 Å². The van der Waals surface area contributed by atoms with E-state index in [1.807, 2.05) is 24.3 Å². The van der Waals surface area contributed by atoms with Gasteiger partial charge < -0.3 is 14.8 Å². The molecule has 1 aliphatic heterocycles. The van der Waals surface area contributed by atoms with Crippen molar-refractivity contribution in [1.82, 2.24) is 14.8 Å². The number of aryl methyl sites for hydroxylation is 1. The first-order chi connectivity index (χ1) is 11.6. The monoisotopic (exact) mass is 325 g/mol. The molecular weight excluding hydrogens is 306 g/mol. The van der Waals surface area contributed by atoms with Crippen LogP contribution in [0.25, 0.3) is 10.9 Å². The van der Waals surface area contributed by atoms with Crippen molar-refractivity contribution in [3.05, 3.63) is 45.7 Å². The maximum Gasteiger partial charge on any atom is 0.261 e. The van der Waals surface area contributed by atoms with Crippen molar-refractivity contribution in [2.45, 2.75) is 19.8 Å². The maximum absolute atomic E-state index is 12.9. The minimum absolute atomic E-state index is 0.134. The molecule has 0 unspecified atom stereocenters. The summed E-state index contributed by atoms with van der Waals surface area (Å²) < 4.78 is 0. The first kappa shape index (κ1) is 14.9. The van der Waals surface area contributed by atoms with Crippen LogP contribution in [0.15, 0.2) is 29.1 Å². The van der Waals surface area contributed by atoms with Crippen LogP contribution in [0.3, 0.4) is 0 Å². The third kappa shape index (κ3) is 2.38. The van der Waals surface area contributed by atoms with E-state index in [0.717, 1.165) is 23.7 Å². The average molecular weight is 325 g/mol. The Morgan fingerprint density at radius 2 is 1.83 bits per heavy atom. The number of aromatic amines is 1. The number of para-hydroxylation sites is 1. The lowest BCUT2D eigenvalue weighted by molar-refractivity contribution is -0.131. The highest BCUT2D eigenvalue weighted by Crippen LogP contribution is 2.31. The average Bonchev–Trinajstić information content (AvgIpc) is 3.30. The number of aromatic nitrogens is 1. The Hall–Kier alpha value is -2.63. The minimum atomic E-state index is -0.372. The molecule has 6 heteroatoms. The van der Waals surface area contributed by atoms with Crippen LogP contribution in [0.5, 0.6) is 0 Å². The Morgan fingerprint density at radius 1 is 1.12 bits per heavy atom. The Bertz CT molecular complexity index is 898. The van der Waals surface area contributed by atoms with Crippen LogP contribution in [0.4, 0.5) is 0 Å². The standard InChI is InChI=1S/C18H19N3O3/c1-11-13-4-2-3-5-14(13)19-16(22)15(11)18(24)21-9-8-20(10-21)17(23)12-6-7-12/h2-5,12H,6-10H2,1H3,(H,19,22). The normalized spacial score (nSPS) is 17.5. The fourth-order valence-electron chi connectivity index (χ4n) is 3.35. The molecule has 24 heavy (non-hydrogen) atoms. The van der Waals surface area contributed by atoms with Gasteiger partial charge in [0.1, 0.15) is 5.56 Å². The molecule has 124 valence electrons. The Kier molecular flexibility index (Phi) is 3.40. The lowest BCUT2D eigenvalue weighted by Crippen LogP contribution is -2.37. The number of fused-ring (bicyclic) bond motifs is 1. The lowest BCUT2D eigenvalue weighted by atomic mass is 10.0. The second-order valence-electron chi connectivity index (χ2n) is 6.59. The van der Waals surface area contributed by atoms with Crippen LogP contribution >= 0.6 is 0 Å². The number of nitrogens with zero attached hydrogens (tertiary/aromatic N) is 2. The quantitative estimate of drug-likeness (QED) is 0.909. The number of hydrogen-bond acceptors (Lipinski definition) is 3. The van der Waals surface area contributed by atoms with Gasteiger partial charge in [-0.05, 0) is 31.4 Å². The first-order valence-electron chi connectivity index (χ1n) is 8.26. The Morgan fingerprint density at radius 3 is 2.58 bits per heavy atom. The van der Waals surface area contributed by atoms with Gasteiger partial charge in [0.15, 0.2) is 0 Å². The summed E-state index contributed by atoms with van der Waals surface area (Å²) in [6.07, 6.45) is 1.90. The molecule has 4 rings (SSSR count). The van der Waals surface area contributed by atoms with Crippen LogP contribution in [-0.2, 0) is 4.79 Å². The molecule has 1 N–H and O–H groups in total. The Labute approximate surface area is 139 Å². The molecule has 1 aromatic carbocycles. The van der Waals surface area contributed by atoms with Gasteiger partial charge in [-0.2, -0.15) is 0 Å². The van der Waals surface area contributed by atoms with Crippen molar-refractivity contribution < 1.29 is 9.59 Å². The summed E-state index contributed by atoms with van der Waals surface area (Å²) in [7, 11) is 0. The van der Waals surface area contributed by atoms with Crippen molar-refractivity contribution in [3.8, 4) is 0 Å². The van der Waals surface area contributed by atoms with Crippen molar-refractivity contribution >= 4 is 22.7 Å². The van der Waals surface area contributed by atoms with Crippen molar-refractivity contribution in [2.75, 3.05) is 19.8 Å². The molecular formula is C18H19N3O3. The molecule has 0 bridgehead atoms. The third-order valence-corrected chi connectivity index (χ3v) is 4.90. The van der Waals surface area contributed by atoms with E-state index in [1.54, 1.807) is 16.7 Å². The summed E-state index contributed by atoms with van der Waals surface area (Å²) in [6.45, 7) is 3.10. The molecule has 0 radical (unpaired) electrons. The van der Waals surface area contributed by atoms with E-state index in [1.165, 1.54) is 0 Å². The zero-order valence-electron chi connectivity index (χ0n) is 13.5. The zero-order valence-corrected chi connectivity index (χ0v) is 13.5. The highest BCUT2D eigenvalue weighted by atomic mass is 16.2. The summed E-state index contributed by atoms with van der Waals surface area (Å²) in [6, 6.07) is 7.45. The number of hydrogen-bond donors (Lipinski definition) is 1. The number of carbonyl (C=O) groups excluding carboxylic acids is 2.